The summed E-state index contributed by atoms with van der Waals surface area (Å²) in [6, 6.07) is -0.199. The van der Waals surface area contributed by atoms with Crippen molar-refractivity contribution in [2.75, 3.05) is 6.61 Å². The second-order valence-electron chi connectivity index (χ2n) is 5.38. The van der Waals surface area contributed by atoms with Crippen molar-refractivity contribution in [3.05, 3.63) is 17.0 Å². The maximum atomic E-state index is 8.99. The molecule has 0 fully saturated rings. The molecule has 0 saturated heterocycles. The molecule has 4 nitrogen and oxygen atoms in total. The summed E-state index contributed by atoms with van der Waals surface area (Å²) < 4.78 is 2.03. The molecule has 0 aliphatic heterocycles. The van der Waals surface area contributed by atoms with Crippen LogP contribution in [0.1, 0.15) is 37.7 Å². The number of rotatable bonds is 3. The number of nitrogens with two attached hydrogens (primary N) is 1. The number of hydrogen-bond acceptors (Lipinski definition) is 3. The number of hydrogen-bond donors (Lipinski definition) is 2. The zero-order valence-corrected chi connectivity index (χ0v) is 10.9. The molecule has 0 bridgehead atoms. The number of aryl methyl sites for hydroxylation is 1. The smallest absolute Gasteiger partial charge is 0.0629 e. The van der Waals surface area contributed by atoms with Gasteiger partial charge in [-0.15, -0.1) is 0 Å². The molecule has 16 heavy (non-hydrogen) atoms. The Bertz CT molecular complexity index is 363. The SMILES string of the molecule is Cc1nn(C(C)(C)C)c(C)c1CC(N)CO. The van der Waals surface area contributed by atoms with Crippen molar-refractivity contribution in [1.29, 1.82) is 0 Å². The maximum Gasteiger partial charge on any atom is 0.0629 e. The van der Waals surface area contributed by atoms with Gasteiger partial charge < -0.3 is 10.8 Å². The lowest BCUT2D eigenvalue weighted by molar-refractivity contribution is 0.265. The van der Waals surface area contributed by atoms with Crippen molar-refractivity contribution in [3.63, 3.8) is 0 Å². The fraction of sp³-hybridized carbons (Fsp3) is 0.750. The molecule has 1 rings (SSSR count). The Hall–Kier alpha value is -0.870. The predicted octanol–water partition coefficient (Wildman–Crippen LogP) is 1.12. The van der Waals surface area contributed by atoms with E-state index in [1.165, 1.54) is 0 Å². The summed E-state index contributed by atoms with van der Waals surface area (Å²) in [6.07, 6.45) is 0.685. The van der Waals surface area contributed by atoms with Gasteiger partial charge in [-0.1, -0.05) is 0 Å². The van der Waals surface area contributed by atoms with Gasteiger partial charge in [-0.25, -0.2) is 0 Å². The van der Waals surface area contributed by atoms with Crippen molar-refractivity contribution >= 4 is 0 Å². The van der Waals surface area contributed by atoms with Crippen molar-refractivity contribution < 1.29 is 5.11 Å². The molecule has 1 atom stereocenters. The van der Waals surface area contributed by atoms with Crippen LogP contribution in [-0.2, 0) is 12.0 Å². The first kappa shape index (κ1) is 13.2. The minimum absolute atomic E-state index is 0.0135. The van der Waals surface area contributed by atoms with Crippen LogP contribution in [0.15, 0.2) is 0 Å². The molecule has 0 saturated carbocycles. The lowest BCUT2D eigenvalue weighted by atomic mass is 10.0. The monoisotopic (exact) mass is 225 g/mol. The fourth-order valence-electron chi connectivity index (χ4n) is 1.95. The number of aromatic nitrogens is 2. The van der Waals surface area contributed by atoms with E-state index in [1.54, 1.807) is 0 Å². The third kappa shape index (κ3) is 2.62. The molecule has 1 aromatic heterocycles. The highest BCUT2D eigenvalue weighted by molar-refractivity contribution is 5.26. The predicted molar refractivity (Wildman–Crippen MR) is 65.5 cm³/mol. The minimum Gasteiger partial charge on any atom is -0.395 e. The van der Waals surface area contributed by atoms with E-state index in [9.17, 15) is 0 Å². The Morgan fingerprint density at radius 3 is 2.31 bits per heavy atom. The molecule has 1 unspecified atom stereocenters. The van der Waals surface area contributed by atoms with Crippen LogP contribution in [0.25, 0.3) is 0 Å². The first-order valence-corrected chi connectivity index (χ1v) is 5.69. The topological polar surface area (TPSA) is 64.1 Å². The highest BCUT2D eigenvalue weighted by Gasteiger charge is 2.21. The van der Waals surface area contributed by atoms with Gasteiger partial charge in [-0.3, -0.25) is 4.68 Å². The molecule has 4 heteroatoms. The van der Waals surface area contributed by atoms with Crippen molar-refractivity contribution in [2.24, 2.45) is 5.73 Å². The van der Waals surface area contributed by atoms with E-state index in [2.05, 4.69) is 32.8 Å². The average Bonchev–Trinajstić information content (AvgIpc) is 2.44. The van der Waals surface area contributed by atoms with Gasteiger partial charge in [-0.05, 0) is 46.6 Å². The average molecular weight is 225 g/mol. The van der Waals surface area contributed by atoms with Crippen molar-refractivity contribution in [3.8, 4) is 0 Å². The summed E-state index contributed by atoms with van der Waals surface area (Å²) >= 11 is 0. The third-order valence-corrected chi connectivity index (χ3v) is 2.78. The molecule has 1 aromatic rings. The van der Waals surface area contributed by atoms with Gasteiger partial charge in [0, 0.05) is 11.7 Å². The first-order chi connectivity index (χ1) is 7.27. The summed E-state index contributed by atoms with van der Waals surface area (Å²) in [5.74, 6) is 0. The lowest BCUT2D eigenvalue weighted by Gasteiger charge is -2.21. The molecule has 1 heterocycles. The molecule has 0 amide bonds. The molecular formula is C12H23N3O. The second kappa shape index (κ2) is 4.55. The largest absolute Gasteiger partial charge is 0.395 e. The van der Waals surface area contributed by atoms with E-state index in [0.29, 0.717) is 6.42 Å². The second-order valence-corrected chi connectivity index (χ2v) is 5.38. The fourth-order valence-corrected chi connectivity index (χ4v) is 1.95. The zero-order chi connectivity index (χ0) is 12.5. The van der Waals surface area contributed by atoms with E-state index in [-0.39, 0.29) is 18.2 Å². The summed E-state index contributed by atoms with van der Waals surface area (Å²) in [4.78, 5) is 0. The van der Waals surface area contributed by atoms with Gasteiger partial charge >= 0.3 is 0 Å². The van der Waals surface area contributed by atoms with E-state index >= 15 is 0 Å². The Labute approximate surface area is 97.5 Å². The van der Waals surface area contributed by atoms with Gasteiger partial charge in [0.1, 0.15) is 0 Å². The highest BCUT2D eigenvalue weighted by Crippen LogP contribution is 2.22. The maximum absolute atomic E-state index is 8.99. The van der Waals surface area contributed by atoms with Crippen LogP contribution in [0.3, 0.4) is 0 Å². The molecular weight excluding hydrogens is 202 g/mol. The summed E-state index contributed by atoms with van der Waals surface area (Å²) in [5.41, 5.74) is 9.08. The molecule has 0 spiro atoms. The quantitative estimate of drug-likeness (QED) is 0.810. The molecule has 0 aliphatic rings. The van der Waals surface area contributed by atoms with E-state index in [0.717, 1.165) is 17.0 Å². The van der Waals surface area contributed by atoms with Crippen LogP contribution in [0.5, 0.6) is 0 Å². The van der Waals surface area contributed by atoms with E-state index < -0.39 is 0 Å². The summed E-state index contributed by atoms with van der Waals surface area (Å²) in [6.45, 7) is 10.4. The van der Waals surface area contributed by atoms with Crippen LogP contribution in [0, 0.1) is 13.8 Å². The molecule has 92 valence electrons. The van der Waals surface area contributed by atoms with Crippen LogP contribution < -0.4 is 5.73 Å². The number of nitrogens with zero attached hydrogens (tertiary/aromatic N) is 2. The van der Waals surface area contributed by atoms with Gasteiger partial charge in [0.15, 0.2) is 0 Å². The van der Waals surface area contributed by atoms with Crippen molar-refractivity contribution in [2.45, 2.75) is 52.6 Å². The van der Waals surface area contributed by atoms with E-state index in [4.69, 9.17) is 10.8 Å². The molecule has 0 aromatic carbocycles. The molecule has 0 aliphatic carbocycles. The van der Waals surface area contributed by atoms with Crippen molar-refractivity contribution in [1.82, 2.24) is 9.78 Å². The Morgan fingerprint density at radius 2 is 1.94 bits per heavy atom. The number of aliphatic hydroxyl groups is 1. The third-order valence-electron chi connectivity index (χ3n) is 2.78. The van der Waals surface area contributed by atoms with Crippen LogP contribution >= 0.6 is 0 Å². The van der Waals surface area contributed by atoms with Crippen LogP contribution in [0.4, 0.5) is 0 Å². The highest BCUT2D eigenvalue weighted by atomic mass is 16.3. The Morgan fingerprint density at radius 1 is 1.38 bits per heavy atom. The number of aliphatic hydroxyl groups excluding tert-OH is 1. The van der Waals surface area contributed by atoms with Gasteiger partial charge in [-0.2, -0.15) is 5.10 Å². The van der Waals surface area contributed by atoms with Crippen LogP contribution in [0.2, 0.25) is 0 Å². The molecule has 0 radical (unpaired) electrons. The first-order valence-electron chi connectivity index (χ1n) is 5.69. The lowest BCUT2D eigenvalue weighted by Crippen LogP contribution is -2.28. The van der Waals surface area contributed by atoms with Crippen LogP contribution in [-0.4, -0.2) is 27.5 Å². The van der Waals surface area contributed by atoms with E-state index in [1.807, 2.05) is 11.6 Å². The normalized spacial score (nSPS) is 14.2. The Balaban J connectivity index is 3.08. The standard InChI is InChI=1S/C12H23N3O/c1-8-11(6-10(13)7-16)9(2)15(14-8)12(3,4)5/h10,16H,6-7,13H2,1-5H3. The molecule has 3 N–H and O–H groups in total. The van der Waals surface area contributed by atoms with Gasteiger partial charge in [0.25, 0.3) is 0 Å². The van der Waals surface area contributed by atoms with Gasteiger partial charge in [0.05, 0.1) is 17.8 Å². The summed E-state index contributed by atoms with van der Waals surface area (Å²) in [7, 11) is 0. The Kier molecular flexibility index (Phi) is 3.76. The summed E-state index contributed by atoms with van der Waals surface area (Å²) in [5, 5.41) is 13.5. The minimum atomic E-state index is -0.199. The zero-order valence-electron chi connectivity index (χ0n) is 10.9. The van der Waals surface area contributed by atoms with Gasteiger partial charge in [0.2, 0.25) is 0 Å².